The number of nitrogen functional groups attached to an aromatic ring is 1. The van der Waals surface area contributed by atoms with Gasteiger partial charge >= 0.3 is 0 Å². The van der Waals surface area contributed by atoms with E-state index in [1.54, 1.807) is 18.3 Å². The molecule has 90 valence electrons. The molecule has 1 aromatic carbocycles. The van der Waals surface area contributed by atoms with Gasteiger partial charge in [-0.2, -0.15) is 10.2 Å². The second kappa shape index (κ2) is 3.99. The number of hydrogen-bond acceptors (Lipinski definition) is 3. The molecule has 0 spiro atoms. The van der Waals surface area contributed by atoms with Gasteiger partial charge in [-0.15, -0.1) is 0 Å². The Morgan fingerprint density at radius 1 is 0.944 bits per heavy atom. The van der Waals surface area contributed by atoms with Crippen LogP contribution in [0.3, 0.4) is 0 Å². The molecule has 3 aromatic rings. The van der Waals surface area contributed by atoms with Crippen molar-refractivity contribution in [2.24, 2.45) is 0 Å². The van der Waals surface area contributed by atoms with Gasteiger partial charge in [-0.1, -0.05) is 0 Å². The van der Waals surface area contributed by atoms with Gasteiger partial charge in [0, 0.05) is 11.1 Å². The number of aromatic amines is 2. The lowest BCUT2D eigenvalue weighted by atomic mass is 10.1. The molecule has 4 N–H and O–H groups in total. The number of nitrogens with one attached hydrogen (secondary N) is 2. The second-order valence-electron chi connectivity index (χ2n) is 3.87. The number of H-pyrrole nitrogens is 2. The molecule has 0 saturated heterocycles. The summed E-state index contributed by atoms with van der Waals surface area (Å²) in [5.74, 6) is -0.277. The van der Waals surface area contributed by atoms with Crippen molar-refractivity contribution in [2.75, 3.05) is 5.73 Å². The smallest absolute Gasteiger partial charge is 0.123 e. The van der Waals surface area contributed by atoms with Gasteiger partial charge in [-0.3, -0.25) is 10.2 Å². The second-order valence-corrected chi connectivity index (χ2v) is 3.87. The minimum absolute atomic E-state index is 0.277. The molecular weight excluding hydrogens is 233 g/mol. The van der Waals surface area contributed by atoms with Gasteiger partial charge in [0.15, 0.2) is 0 Å². The van der Waals surface area contributed by atoms with Gasteiger partial charge in [0.05, 0.1) is 29.5 Å². The molecule has 2 aromatic heterocycles. The first-order valence-electron chi connectivity index (χ1n) is 5.34. The fourth-order valence-electron chi connectivity index (χ4n) is 1.82. The SMILES string of the molecule is Nc1cn[nH]c1-c1cn[nH]c1-c1ccc(F)cc1. The average molecular weight is 243 g/mol. The van der Waals surface area contributed by atoms with E-state index in [9.17, 15) is 4.39 Å². The number of halogens is 1. The van der Waals surface area contributed by atoms with Crippen molar-refractivity contribution in [1.82, 2.24) is 20.4 Å². The van der Waals surface area contributed by atoms with Crippen molar-refractivity contribution in [2.45, 2.75) is 0 Å². The minimum Gasteiger partial charge on any atom is -0.396 e. The molecule has 0 aliphatic rings. The van der Waals surface area contributed by atoms with Crippen molar-refractivity contribution in [3.63, 3.8) is 0 Å². The molecule has 0 aliphatic carbocycles. The summed E-state index contributed by atoms with van der Waals surface area (Å²) >= 11 is 0. The third kappa shape index (κ3) is 1.64. The molecule has 0 atom stereocenters. The van der Waals surface area contributed by atoms with E-state index < -0.39 is 0 Å². The van der Waals surface area contributed by atoms with Crippen LogP contribution < -0.4 is 5.73 Å². The molecule has 2 heterocycles. The maximum Gasteiger partial charge on any atom is 0.123 e. The molecule has 0 saturated carbocycles. The fraction of sp³-hybridized carbons (Fsp3) is 0. The number of benzene rings is 1. The lowest BCUT2D eigenvalue weighted by Crippen LogP contribution is -1.88. The lowest BCUT2D eigenvalue weighted by molar-refractivity contribution is 0.628. The van der Waals surface area contributed by atoms with Crippen molar-refractivity contribution in [3.05, 3.63) is 42.5 Å². The van der Waals surface area contributed by atoms with E-state index in [2.05, 4.69) is 20.4 Å². The van der Waals surface area contributed by atoms with Crippen molar-refractivity contribution in [1.29, 1.82) is 0 Å². The van der Waals surface area contributed by atoms with Crippen LogP contribution in [0.25, 0.3) is 22.5 Å². The Kier molecular flexibility index (Phi) is 2.33. The Morgan fingerprint density at radius 2 is 1.61 bits per heavy atom. The highest BCUT2D eigenvalue weighted by atomic mass is 19.1. The number of nitrogens with zero attached hydrogens (tertiary/aromatic N) is 2. The van der Waals surface area contributed by atoms with Gasteiger partial charge in [0.2, 0.25) is 0 Å². The predicted octanol–water partition coefficient (Wildman–Crippen LogP) is 2.19. The molecule has 0 radical (unpaired) electrons. The van der Waals surface area contributed by atoms with E-state index in [-0.39, 0.29) is 5.82 Å². The van der Waals surface area contributed by atoms with Crippen LogP contribution in [-0.4, -0.2) is 20.4 Å². The molecule has 0 unspecified atom stereocenters. The lowest BCUT2D eigenvalue weighted by Gasteiger charge is -2.02. The van der Waals surface area contributed by atoms with Crippen LogP contribution >= 0.6 is 0 Å². The van der Waals surface area contributed by atoms with Gasteiger partial charge in [-0.05, 0) is 24.3 Å². The predicted molar refractivity (Wildman–Crippen MR) is 66.0 cm³/mol. The third-order valence-electron chi connectivity index (χ3n) is 2.71. The molecule has 5 nitrogen and oxygen atoms in total. The molecule has 6 heteroatoms. The molecule has 3 rings (SSSR count). The normalized spacial score (nSPS) is 10.7. The Morgan fingerprint density at radius 3 is 2.28 bits per heavy atom. The molecular formula is C12H10FN5. The van der Waals surface area contributed by atoms with Crippen molar-refractivity contribution < 1.29 is 4.39 Å². The monoisotopic (exact) mass is 243 g/mol. The van der Waals surface area contributed by atoms with Crippen LogP contribution in [0.4, 0.5) is 10.1 Å². The van der Waals surface area contributed by atoms with Gasteiger partial charge < -0.3 is 5.73 Å². The van der Waals surface area contributed by atoms with E-state index >= 15 is 0 Å². The highest BCUT2D eigenvalue weighted by Crippen LogP contribution is 2.31. The van der Waals surface area contributed by atoms with Crippen LogP contribution in [-0.2, 0) is 0 Å². The molecule has 0 aliphatic heterocycles. The maximum atomic E-state index is 12.9. The summed E-state index contributed by atoms with van der Waals surface area (Å²) in [5, 5.41) is 13.6. The van der Waals surface area contributed by atoms with E-state index in [0.29, 0.717) is 11.4 Å². The zero-order valence-electron chi connectivity index (χ0n) is 9.31. The van der Waals surface area contributed by atoms with Crippen molar-refractivity contribution >= 4 is 5.69 Å². The average Bonchev–Trinajstić information content (AvgIpc) is 2.98. The number of nitrogens with two attached hydrogens (primary N) is 1. The Bertz CT molecular complexity index is 668. The fourth-order valence-corrected chi connectivity index (χ4v) is 1.82. The summed E-state index contributed by atoms with van der Waals surface area (Å²) in [6, 6.07) is 6.16. The zero-order valence-corrected chi connectivity index (χ0v) is 9.31. The highest BCUT2D eigenvalue weighted by molar-refractivity contribution is 5.83. The first-order valence-corrected chi connectivity index (χ1v) is 5.34. The molecule has 18 heavy (non-hydrogen) atoms. The van der Waals surface area contributed by atoms with E-state index in [1.165, 1.54) is 18.3 Å². The summed E-state index contributed by atoms with van der Waals surface area (Å²) in [7, 11) is 0. The van der Waals surface area contributed by atoms with Crippen LogP contribution in [0.15, 0.2) is 36.7 Å². The quantitative estimate of drug-likeness (QED) is 0.645. The number of anilines is 1. The topological polar surface area (TPSA) is 83.4 Å². The number of hydrogen-bond donors (Lipinski definition) is 3. The van der Waals surface area contributed by atoms with Crippen LogP contribution in [0.5, 0.6) is 0 Å². The summed E-state index contributed by atoms with van der Waals surface area (Å²) in [6.07, 6.45) is 3.19. The Hall–Kier alpha value is -2.63. The van der Waals surface area contributed by atoms with E-state index in [1.807, 2.05) is 0 Å². The maximum absolute atomic E-state index is 12.9. The van der Waals surface area contributed by atoms with Crippen LogP contribution in [0.1, 0.15) is 0 Å². The van der Waals surface area contributed by atoms with Gasteiger partial charge in [0.25, 0.3) is 0 Å². The number of rotatable bonds is 2. The van der Waals surface area contributed by atoms with E-state index in [4.69, 9.17) is 5.73 Å². The highest BCUT2D eigenvalue weighted by Gasteiger charge is 2.13. The van der Waals surface area contributed by atoms with Crippen LogP contribution in [0, 0.1) is 5.82 Å². The Labute approximate surface area is 102 Å². The first-order chi connectivity index (χ1) is 8.75. The molecule has 0 fully saturated rings. The zero-order chi connectivity index (χ0) is 12.5. The van der Waals surface area contributed by atoms with Crippen molar-refractivity contribution in [3.8, 4) is 22.5 Å². The third-order valence-corrected chi connectivity index (χ3v) is 2.71. The molecule has 0 bridgehead atoms. The summed E-state index contributed by atoms with van der Waals surface area (Å²) in [4.78, 5) is 0. The summed E-state index contributed by atoms with van der Waals surface area (Å²) in [6.45, 7) is 0. The molecule has 0 amide bonds. The summed E-state index contributed by atoms with van der Waals surface area (Å²) in [5.41, 5.74) is 9.45. The van der Waals surface area contributed by atoms with Gasteiger partial charge in [-0.25, -0.2) is 4.39 Å². The summed E-state index contributed by atoms with van der Waals surface area (Å²) < 4.78 is 12.9. The largest absolute Gasteiger partial charge is 0.396 e. The minimum atomic E-state index is -0.277. The number of aromatic nitrogens is 4. The first kappa shape index (κ1) is 10.5. The standard InChI is InChI=1S/C12H10FN5/c13-8-3-1-7(2-4-8)11-9(5-15-17-11)12-10(14)6-16-18-12/h1-6H,14H2,(H,15,17)(H,16,18). The van der Waals surface area contributed by atoms with E-state index in [0.717, 1.165) is 16.8 Å². The Balaban J connectivity index is 2.12. The van der Waals surface area contributed by atoms with Gasteiger partial charge in [0.1, 0.15) is 5.82 Å². The van der Waals surface area contributed by atoms with Crippen LogP contribution in [0.2, 0.25) is 0 Å².